The number of carbonyl (C=O) groups is 1. The van der Waals surface area contributed by atoms with E-state index in [0.717, 1.165) is 117 Å². The van der Waals surface area contributed by atoms with Gasteiger partial charge in [0.15, 0.2) is 0 Å². The first kappa shape index (κ1) is 33.6. The van der Waals surface area contributed by atoms with Crippen LogP contribution in [0.1, 0.15) is 91.7 Å². The van der Waals surface area contributed by atoms with Gasteiger partial charge in [-0.25, -0.2) is 26.1 Å². The molecule has 8 rings (SSSR count). The third-order valence-corrected chi connectivity index (χ3v) is 13.3. The van der Waals surface area contributed by atoms with Crippen molar-refractivity contribution in [3.8, 4) is 11.5 Å². The zero-order valence-corrected chi connectivity index (χ0v) is 30.1. The topological polar surface area (TPSA) is 136 Å². The highest BCUT2D eigenvalue weighted by atomic mass is 32.2. The van der Waals surface area contributed by atoms with E-state index in [1.807, 2.05) is 0 Å². The maximum absolute atomic E-state index is 13.4. The number of Topliss-reactive ketones (excluding diaryl/α,β-unsaturated/α-hetero) is 1. The molecule has 0 spiro atoms. The average Bonchev–Trinajstić information content (AvgIpc) is 3.09. The second-order valence-corrected chi connectivity index (χ2v) is 17.5. The van der Waals surface area contributed by atoms with E-state index in [1.54, 1.807) is 0 Å². The van der Waals surface area contributed by atoms with E-state index in [1.165, 1.54) is 41.2 Å². The number of benzene rings is 3. The Hall–Kier alpha value is -3.58. The molecule has 10 nitrogen and oxygen atoms in total. The number of rotatable bonds is 10. The summed E-state index contributed by atoms with van der Waals surface area (Å²) in [7, 11) is -9.25. The number of nitrogens with one attached hydrogen (secondary N) is 1. The molecule has 0 aromatic heterocycles. The molecule has 3 aromatic rings. The first-order valence-electron chi connectivity index (χ1n) is 18.0. The van der Waals surface area contributed by atoms with Crippen LogP contribution in [0.25, 0.3) is 5.57 Å². The number of ketones is 1. The summed E-state index contributed by atoms with van der Waals surface area (Å²) in [5.74, 6) is 1.53. The largest absolute Gasteiger partial charge is 0.744 e. The molecule has 0 saturated heterocycles. The van der Waals surface area contributed by atoms with Crippen LogP contribution in [-0.4, -0.2) is 59.9 Å². The zero-order valence-electron chi connectivity index (χ0n) is 28.5. The summed E-state index contributed by atoms with van der Waals surface area (Å²) in [6, 6.07) is 8.17. The van der Waals surface area contributed by atoms with Gasteiger partial charge in [0.25, 0.3) is 0 Å². The van der Waals surface area contributed by atoms with Crippen molar-refractivity contribution in [2.75, 3.05) is 37.6 Å². The molecule has 5 heterocycles. The molecule has 12 heteroatoms. The van der Waals surface area contributed by atoms with Crippen molar-refractivity contribution in [3.63, 3.8) is 0 Å². The van der Waals surface area contributed by atoms with Crippen LogP contribution in [0.2, 0.25) is 0 Å². The summed E-state index contributed by atoms with van der Waals surface area (Å²) in [6.07, 6.45) is 9.76. The molecule has 0 unspecified atom stereocenters. The van der Waals surface area contributed by atoms with Gasteiger partial charge in [-0.05, 0) is 88.1 Å². The van der Waals surface area contributed by atoms with Crippen LogP contribution in [0.3, 0.4) is 0 Å². The van der Waals surface area contributed by atoms with Crippen LogP contribution in [-0.2, 0) is 50.6 Å². The van der Waals surface area contributed by atoms with Gasteiger partial charge in [-0.2, -0.15) is 0 Å². The second-order valence-electron chi connectivity index (χ2n) is 14.4. The van der Waals surface area contributed by atoms with Gasteiger partial charge < -0.3 is 19.0 Å². The number of unbranched alkanes of at least 4 members (excludes halogenated alkanes) is 2. The van der Waals surface area contributed by atoms with E-state index in [4.69, 9.17) is 4.74 Å². The predicted octanol–water partition coefficient (Wildman–Crippen LogP) is 3.45. The van der Waals surface area contributed by atoms with E-state index >= 15 is 0 Å². The summed E-state index contributed by atoms with van der Waals surface area (Å²) in [6.45, 7) is 5.61. The Morgan fingerprint density at radius 3 is 2.38 bits per heavy atom. The lowest BCUT2D eigenvalue weighted by molar-refractivity contribution is -0.117. The number of sulfonamides is 1. The fraction of sp³-hybridized carbons (Fsp3) is 0.474. The number of hydrogen-bond acceptors (Lipinski definition) is 8. The Morgan fingerprint density at radius 1 is 0.860 bits per heavy atom. The molecule has 0 saturated carbocycles. The molecule has 1 N–H and O–H groups in total. The molecular weight excluding hydrogens is 675 g/mol. The fourth-order valence-corrected chi connectivity index (χ4v) is 10.7. The normalized spacial score (nSPS) is 17.8. The van der Waals surface area contributed by atoms with Gasteiger partial charge in [-0.15, -0.1) is 0 Å². The second kappa shape index (κ2) is 12.9. The molecule has 0 atom stereocenters. The minimum absolute atomic E-state index is 0.0901. The Bertz CT molecular complexity index is 2290. The van der Waals surface area contributed by atoms with Crippen LogP contribution in [0, 0.1) is 0 Å². The Morgan fingerprint density at radius 2 is 1.60 bits per heavy atom. The number of nitrogens with zero attached hydrogens (tertiary/aromatic N) is 2. The summed E-state index contributed by atoms with van der Waals surface area (Å²) in [4.78, 5) is 12.8. The minimum Gasteiger partial charge on any atom is -0.744 e. The summed E-state index contributed by atoms with van der Waals surface area (Å²) in [5.41, 5.74) is 7.43. The maximum atomic E-state index is 13.4. The van der Waals surface area contributed by atoms with Crippen molar-refractivity contribution in [1.29, 1.82) is 0 Å². The van der Waals surface area contributed by atoms with Crippen molar-refractivity contribution in [2.24, 2.45) is 0 Å². The molecule has 0 fully saturated rings. The van der Waals surface area contributed by atoms with Gasteiger partial charge in [0.2, 0.25) is 15.4 Å². The highest BCUT2D eigenvalue weighted by Crippen LogP contribution is 2.49. The molecule has 0 bridgehead atoms. The number of ether oxygens (including phenoxy) is 1. The first-order valence-corrected chi connectivity index (χ1v) is 20.9. The van der Waals surface area contributed by atoms with E-state index in [-0.39, 0.29) is 22.8 Å². The van der Waals surface area contributed by atoms with Crippen molar-refractivity contribution >= 4 is 37.2 Å². The Kier molecular flexibility index (Phi) is 8.64. The van der Waals surface area contributed by atoms with E-state index in [2.05, 4.69) is 26.3 Å². The van der Waals surface area contributed by atoms with Crippen LogP contribution >= 0.6 is 0 Å². The number of carbonyl (C=O) groups excluding carboxylic acids is 1. The smallest absolute Gasteiger partial charge is 0.240 e. The van der Waals surface area contributed by atoms with Gasteiger partial charge in [-0.3, -0.25) is 0 Å². The average molecular weight is 718 g/mol. The van der Waals surface area contributed by atoms with E-state index < -0.39 is 25.0 Å². The fourth-order valence-electron chi connectivity index (χ4n) is 8.85. The quantitative estimate of drug-likeness (QED) is 0.150. The SMILES string of the molecule is CC(=O)CCCCCNS(=O)(=O)c1ccc(C2=c3cc4c5c(c3Oc3c2cc2c6c3CCCN6CCC2)CCC[N+]=5CCC4)c(S(=O)(=O)[O-])c1. The van der Waals surface area contributed by atoms with E-state index in [9.17, 15) is 26.2 Å². The molecule has 0 amide bonds. The van der Waals surface area contributed by atoms with Gasteiger partial charge in [-0.1, -0.05) is 12.5 Å². The molecule has 264 valence electrons. The van der Waals surface area contributed by atoms with E-state index in [0.29, 0.717) is 31.3 Å². The summed E-state index contributed by atoms with van der Waals surface area (Å²) < 4.78 is 78.3. The molecule has 50 heavy (non-hydrogen) atoms. The lowest BCUT2D eigenvalue weighted by Crippen LogP contribution is -2.45. The molecule has 5 aliphatic rings. The van der Waals surface area contributed by atoms with Crippen LogP contribution in [0.5, 0.6) is 11.5 Å². The molecule has 0 radical (unpaired) electrons. The van der Waals surface area contributed by atoms with Gasteiger partial charge in [0.1, 0.15) is 40.5 Å². The first-order chi connectivity index (χ1) is 24.0. The monoisotopic (exact) mass is 717 g/mol. The van der Waals surface area contributed by atoms with Gasteiger partial charge in [0.05, 0.1) is 15.4 Å². The highest BCUT2D eigenvalue weighted by molar-refractivity contribution is 7.89. The van der Waals surface area contributed by atoms with Crippen molar-refractivity contribution in [1.82, 2.24) is 9.30 Å². The van der Waals surface area contributed by atoms with Crippen LogP contribution in [0.15, 0.2) is 40.1 Å². The molecular formula is C38H43N3O7S2. The third-order valence-electron chi connectivity index (χ3n) is 11.0. The van der Waals surface area contributed by atoms with Crippen molar-refractivity contribution < 1.29 is 30.9 Å². The number of aryl methyl sites for hydroxylation is 2. The number of hydrogen-bond donors (Lipinski definition) is 1. The Balaban J connectivity index is 1.33. The third kappa shape index (κ3) is 5.87. The van der Waals surface area contributed by atoms with Crippen LogP contribution in [0.4, 0.5) is 5.69 Å². The zero-order chi connectivity index (χ0) is 34.8. The minimum atomic E-state index is -5.12. The van der Waals surface area contributed by atoms with Crippen LogP contribution < -0.4 is 29.5 Å². The summed E-state index contributed by atoms with van der Waals surface area (Å²) >= 11 is 0. The molecule has 3 aromatic carbocycles. The number of fused-ring (bicyclic) bond motifs is 4. The van der Waals surface area contributed by atoms with Crippen molar-refractivity contribution in [3.05, 3.63) is 74.3 Å². The van der Waals surface area contributed by atoms with Gasteiger partial charge >= 0.3 is 0 Å². The number of anilines is 1. The maximum Gasteiger partial charge on any atom is 0.240 e. The predicted molar refractivity (Wildman–Crippen MR) is 189 cm³/mol. The standard InChI is InChI=1S/C38H43N3O7S2/c1-24(42)9-3-2-4-16-39-49(43,44)27-14-15-28(33(23-27)50(45,46)47)34-31-21-25-10-5-17-40-19-7-12-29(35(25)40)37(31)48-38-30-13-8-20-41-18-6-11-26(36(30)41)22-32(34)38/h14-15,21-23,39H,2-13,16-20H2,1H3. The summed E-state index contributed by atoms with van der Waals surface area (Å²) in [5, 5.41) is 1.98. The Labute approximate surface area is 293 Å². The molecule has 5 aliphatic heterocycles. The highest BCUT2D eigenvalue weighted by Gasteiger charge is 2.36. The van der Waals surface area contributed by atoms with Crippen molar-refractivity contribution in [2.45, 2.75) is 93.8 Å². The lowest BCUT2D eigenvalue weighted by Gasteiger charge is -2.39. The lowest BCUT2D eigenvalue weighted by atomic mass is 9.82. The molecule has 0 aliphatic carbocycles. The van der Waals surface area contributed by atoms with Gasteiger partial charge in [0, 0.05) is 77.6 Å².